The average molecular weight is 263 g/mol. The van der Waals surface area contributed by atoms with Crippen LogP contribution in [0.1, 0.15) is 24.9 Å². The van der Waals surface area contributed by atoms with E-state index in [2.05, 4.69) is 28.3 Å². The van der Waals surface area contributed by atoms with Gasteiger partial charge in [-0.3, -0.25) is 4.79 Å². The van der Waals surface area contributed by atoms with E-state index in [0.29, 0.717) is 6.61 Å². The van der Waals surface area contributed by atoms with Gasteiger partial charge in [0.2, 0.25) is 5.91 Å². The Kier molecular flexibility index (Phi) is 4.90. The SMILES string of the molecule is COCC(C)NC(=O)C1CC(c2ccccc2)NN1. The lowest BCUT2D eigenvalue weighted by molar-refractivity contribution is -0.123. The highest BCUT2D eigenvalue weighted by Gasteiger charge is 2.30. The van der Waals surface area contributed by atoms with Gasteiger partial charge in [0.1, 0.15) is 6.04 Å². The van der Waals surface area contributed by atoms with E-state index in [-0.39, 0.29) is 24.0 Å². The largest absolute Gasteiger partial charge is 0.383 e. The fourth-order valence-electron chi connectivity index (χ4n) is 2.27. The summed E-state index contributed by atoms with van der Waals surface area (Å²) in [4.78, 5) is 12.0. The van der Waals surface area contributed by atoms with Crippen molar-refractivity contribution in [3.8, 4) is 0 Å². The molecule has 0 spiro atoms. The summed E-state index contributed by atoms with van der Waals surface area (Å²) in [5, 5.41) is 2.93. The van der Waals surface area contributed by atoms with Crippen molar-refractivity contribution < 1.29 is 9.53 Å². The van der Waals surface area contributed by atoms with Crippen molar-refractivity contribution in [2.24, 2.45) is 0 Å². The van der Waals surface area contributed by atoms with Crippen molar-refractivity contribution >= 4 is 5.91 Å². The first-order valence-electron chi connectivity index (χ1n) is 6.56. The molecule has 5 nitrogen and oxygen atoms in total. The van der Waals surface area contributed by atoms with Gasteiger partial charge in [0.15, 0.2) is 0 Å². The highest BCUT2D eigenvalue weighted by molar-refractivity contribution is 5.82. The molecule has 0 aliphatic carbocycles. The second-order valence-electron chi connectivity index (χ2n) is 4.91. The molecule has 1 aromatic rings. The molecule has 1 saturated heterocycles. The standard InChI is InChI=1S/C14H21N3O2/c1-10(9-19-2)15-14(18)13-8-12(16-17-13)11-6-4-3-5-7-11/h3-7,10,12-13,16-17H,8-9H2,1-2H3,(H,15,18). The molecule has 0 radical (unpaired) electrons. The summed E-state index contributed by atoms with van der Waals surface area (Å²) in [6.45, 7) is 2.45. The molecule has 19 heavy (non-hydrogen) atoms. The van der Waals surface area contributed by atoms with Gasteiger partial charge >= 0.3 is 0 Å². The van der Waals surface area contributed by atoms with E-state index in [1.807, 2.05) is 25.1 Å². The van der Waals surface area contributed by atoms with Crippen LogP contribution in [0.2, 0.25) is 0 Å². The van der Waals surface area contributed by atoms with Gasteiger partial charge in [-0.05, 0) is 18.9 Å². The van der Waals surface area contributed by atoms with E-state index in [0.717, 1.165) is 6.42 Å². The maximum Gasteiger partial charge on any atom is 0.238 e. The number of methoxy groups -OCH3 is 1. The smallest absolute Gasteiger partial charge is 0.238 e. The molecule has 3 unspecified atom stereocenters. The number of nitrogens with one attached hydrogen (secondary N) is 3. The second kappa shape index (κ2) is 6.65. The van der Waals surface area contributed by atoms with Crippen LogP contribution < -0.4 is 16.2 Å². The molecule has 3 atom stereocenters. The summed E-state index contributed by atoms with van der Waals surface area (Å²) >= 11 is 0. The van der Waals surface area contributed by atoms with Crippen LogP contribution in [0.15, 0.2) is 30.3 Å². The lowest BCUT2D eigenvalue weighted by atomic mass is 10.0. The monoisotopic (exact) mass is 263 g/mol. The quantitative estimate of drug-likeness (QED) is 0.733. The summed E-state index contributed by atoms with van der Waals surface area (Å²) in [6, 6.07) is 10.1. The van der Waals surface area contributed by atoms with Gasteiger partial charge in [-0.2, -0.15) is 0 Å². The van der Waals surface area contributed by atoms with E-state index in [4.69, 9.17) is 4.74 Å². The lowest BCUT2D eigenvalue weighted by Crippen LogP contribution is -2.47. The van der Waals surface area contributed by atoms with Crippen molar-refractivity contribution in [3.05, 3.63) is 35.9 Å². The minimum atomic E-state index is -0.204. The summed E-state index contributed by atoms with van der Waals surface area (Å²) in [6.07, 6.45) is 0.746. The number of hydrazine groups is 1. The predicted molar refractivity (Wildman–Crippen MR) is 73.3 cm³/mol. The maximum absolute atomic E-state index is 12.0. The molecule has 1 fully saturated rings. The average Bonchev–Trinajstić information content (AvgIpc) is 2.89. The Morgan fingerprint density at radius 1 is 1.42 bits per heavy atom. The summed E-state index contributed by atoms with van der Waals surface area (Å²) in [5.74, 6) is 0.00970. The molecule has 1 aliphatic heterocycles. The summed E-state index contributed by atoms with van der Waals surface area (Å²) in [5.41, 5.74) is 7.41. The van der Waals surface area contributed by atoms with Crippen LogP contribution in [0.4, 0.5) is 0 Å². The van der Waals surface area contributed by atoms with E-state index in [1.54, 1.807) is 7.11 Å². The van der Waals surface area contributed by atoms with Gasteiger partial charge in [-0.1, -0.05) is 30.3 Å². The zero-order valence-electron chi connectivity index (χ0n) is 11.3. The zero-order chi connectivity index (χ0) is 13.7. The number of carbonyl (C=O) groups is 1. The van der Waals surface area contributed by atoms with Crippen LogP contribution in [-0.4, -0.2) is 31.7 Å². The lowest BCUT2D eigenvalue weighted by Gasteiger charge is -2.16. The van der Waals surface area contributed by atoms with Crippen molar-refractivity contribution in [1.82, 2.24) is 16.2 Å². The Hall–Kier alpha value is -1.43. The van der Waals surface area contributed by atoms with Crippen LogP contribution in [0.25, 0.3) is 0 Å². The van der Waals surface area contributed by atoms with E-state index in [9.17, 15) is 4.79 Å². The zero-order valence-corrected chi connectivity index (χ0v) is 11.3. The van der Waals surface area contributed by atoms with Crippen LogP contribution >= 0.6 is 0 Å². The maximum atomic E-state index is 12.0. The Balaban J connectivity index is 1.86. The fourth-order valence-corrected chi connectivity index (χ4v) is 2.27. The molecule has 104 valence electrons. The molecule has 1 aliphatic rings. The molecule has 1 amide bonds. The van der Waals surface area contributed by atoms with Crippen LogP contribution in [0, 0.1) is 0 Å². The third-order valence-electron chi connectivity index (χ3n) is 3.23. The molecule has 0 saturated carbocycles. The topological polar surface area (TPSA) is 62.4 Å². The molecule has 0 aromatic heterocycles. The molecule has 1 heterocycles. The van der Waals surface area contributed by atoms with Gasteiger partial charge in [-0.15, -0.1) is 0 Å². The summed E-state index contributed by atoms with van der Waals surface area (Å²) < 4.78 is 5.01. The van der Waals surface area contributed by atoms with Gasteiger partial charge in [0.05, 0.1) is 6.61 Å². The molecular formula is C14H21N3O2. The third-order valence-corrected chi connectivity index (χ3v) is 3.23. The Morgan fingerprint density at radius 2 is 2.16 bits per heavy atom. The van der Waals surface area contributed by atoms with Crippen molar-refractivity contribution in [2.45, 2.75) is 31.5 Å². The number of amides is 1. The van der Waals surface area contributed by atoms with Gasteiger partial charge in [0, 0.05) is 19.2 Å². The van der Waals surface area contributed by atoms with Crippen LogP contribution in [0.5, 0.6) is 0 Å². The molecule has 2 rings (SSSR count). The fraction of sp³-hybridized carbons (Fsp3) is 0.500. The van der Waals surface area contributed by atoms with Crippen molar-refractivity contribution in [2.75, 3.05) is 13.7 Å². The highest BCUT2D eigenvalue weighted by atomic mass is 16.5. The van der Waals surface area contributed by atoms with Crippen molar-refractivity contribution in [1.29, 1.82) is 0 Å². The normalized spacial score (nSPS) is 24.1. The second-order valence-corrected chi connectivity index (χ2v) is 4.91. The summed E-state index contributed by atoms with van der Waals surface area (Å²) in [7, 11) is 1.63. The third kappa shape index (κ3) is 3.76. The number of hydrogen-bond acceptors (Lipinski definition) is 4. The molecular weight excluding hydrogens is 242 g/mol. The van der Waals surface area contributed by atoms with E-state index < -0.39 is 0 Å². The van der Waals surface area contributed by atoms with Gasteiger partial charge in [-0.25, -0.2) is 10.9 Å². The Labute approximate surface area is 113 Å². The first-order valence-corrected chi connectivity index (χ1v) is 6.56. The number of benzene rings is 1. The van der Waals surface area contributed by atoms with Gasteiger partial charge < -0.3 is 10.1 Å². The number of hydrogen-bond donors (Lipinski definition) is 3. The van der Waals surface area contributed by atoms with Crippen LogP contribution in [0.3, 0.4) is 0 Å². The molecule has 3 N–H and O–H groups in total. The molecule has 1 aromatic carbocycles. The molecule has 5 heteroatoms. The minimum absolute atomic E-state index is 0.00970. The first kappa shape index (κ1) is 14.0. The van der Waals surface area contributed by atoms with E-state index >= 15 is 0 Å². The predicted octanol–water partition coefficient (Wildman–Crippen LogP) is 0.745. The number of carbonyl (C=O) groups excluding carboxylic acids is 1. The van der Waals surface area contributed by atoms with Gasteiger partial charge in [0.25, 0.3) is 0 Å². The highest BCUT2D eigenvalue weighted by Crippen LogP contribution is 2.21. The molecule has 0 bridgehead atoms. The van der Waals surface area contributed by atoms with Crippen molar-refractivity contribution in [3.63, 3.8) is 0 Å². The van der Waals surface area contributed by atoms with Crippen LogP contribution in [-0.2, 0) is 9.53 Å². The number of ether oxygens (including phenoxy) is 1. The first-order chi connectivity index (χ1) is 9.20. The number of rotatable bonds is 5. The Bertz CT molecular complexity index is 410. The minimum Gasteiger partial charge on any atom is -0.383 e. The Morgan fingerprint density at radius 3 is 2.84 bits per heavy atom. The van der Waals surface area contributed by atoms with E-state index in [1.165, 1.54) is 5.56 Å².